The van der Waals surface area contributed by atoms with Gasteiger partial charge in [-0.3, -0.25) is 0 Å². The zero-order valence-electron chi connectivity index (χ0n) is 29.3. The van der Waals surface area contributed by atoms with Gasteiger partial charge in [-0.2, -0.15) is 0 Å². The van der Waals surface area contributed by atoms with Crippen LogP contribution in [0.15, 0.2) is 11.6 Å². The van der Waals surface area contributed by atoms with Crippen molar-refractivity contribution < 1.29 is 23.7 Å². The fraction of sp³-hybridized carbons (Fsp3) is 0.921. The summed E-state index contributed by atoms with van der Waals surface area (Å²) in [5, 5.41) is 2.94. The van der Waals surface area contributed by atoms with Gasteiger partial charge in [0.1, 0.15) is 6.10 Å². The third-order valence-electron chi connectivity index (χ3n) is 12.4. The van der Waals surface area contributed by atoms with E-state index in [9.17, 15) is 4.79 Å². The van der Waals surface area contributed by atoms with E-state index < -0.39 is 0 Å². The van der Waals surface area contributed by atoms with E-state index in [2.05, 4.69) is 52.9 Å². The molecule has 0 aromatic carbocycles. The van der Waals surface area contributed by atoms with Crippen molar-refractivity contribution in [1.29, 1.82) is 0 Å². The number of allylic oxidation sites excluding steroid dienone is 1. The molecule has 0 bridgehead atoms. The van der Waals surface area contributed by atoms with E-state index in [1.54, 1.807) is 5.57 Å². The number of alkyl carbamates (subject to hydrolysis) is 1. The van der Waals surface area contributed by atoms with Crippen molar-refractivity contribution in [2.75, 3.05) is 46.2 Å². The van der Waals surface area contributed by atoms with Gasteiger partial charge in [-0.25, -0.2) is 4.79 Å². The van der Waals surface area contributed by atoms with Crippen LogP contribution in [0.3, 0.4) is 0 Å². The Morgan fingerprint density at radius 3 is 2.34 bits per heavy atom. The maximum Gasteiger partial charge on any atom is 0.407 e. The molecule has 254 valence electrons. The molecule has 3 fully saturated rings. The summed E-state index contributed by atoms with van der Waals surface area (Å²) >= 11 is 0. The lowest BCUT2D eigenvalue weighted by molar-refractivity contribution is -0.0581. The highest BCUT2D eigenvalue weighted by Crippen LogP contribution is 2.67. The van der Waals surface area contributed by atoms with Crippen LogP contribution < -0.4 is 5.32 Å². The van der Waals surface area contributed by atoms with E-state index >= 15 is 0 Å². The molecule has 4 aliphatic carbocycles. The van der Waals surface area contributed by atoms with Crippen LogP contribution in [0.25, 0.3) is 0 Å². The molecule has 4 aliphatic rings. The third kappa shape index (κ3) is 9.03. The van der Waals surface area contributed by atoms with Gasteiger partial charge in [0, 0.05) is 26.2 Å². The van der Waals surface area contributed by atoms with Gasteiger partial charge >= 0.3 is 6.09 Å². The second kappa shape index (κ2) is 17.2. The summed E-state index contributed by atoms with van der Waals surface area (Å²) in [6, 6.07) is 0. The van der Waals surface area contributed by atoms with Crippen LogP contribution in [0.2, 0.25) is 0 Å². The molecule has 8 unspecified atom stereocenters. The van der Waals surface area contributed by atoms with Gasteiger partial charge in [-0.1, -0.05) is 72.5 Å². The summed E-state index contributed by atoms with van der Waals surface area (Å²) in [6.07, 6.45) is 18.3. The first-order valence-corrected chi connectivity index (χ1v) is 18.6. The van der Waals surface area contributed by atoms with Gasteiger partial charge in [-0.05, 0) is 104 Å². The molecule has 1 N–H and O–H groups in total. The van der Waals surface area contributed by atoms with Crippen LogP contribution >= 0.6 is 0 Å². The Morgan fingerprint density at radius 1 is 0.886 bits per heavy atom. The number of nitrogens with one attached hydrogen (secondary N) is 1. The minimum absolute atomic E-state index is 0.00279. The van der Waals surface area contributed by atoms with Crippen LogP contribution in [0.1, 0.15) is 125 Å². The average molecular weight is 618 g/mol. The van der Waals surface area contributed by atoms with Gasteiger partial charge in [0.2, 0.25) is 0 Å². The number of amides is 1. The summed E-state index contributed by atoms with van der Waals surface area (Å²) in [5.41, 5.74) is 2.39. The fourth-order valence-corrected chi connectivity index (χ4v) is 10.00. The third-order valence-corrected chi connectivity index (χ3v) is 12.4. The first-order valence-electron chi connectivity index (χ1n) is 18.6. The molecule has 0 heterocycles. The summed E-state index contributed by atoms with van der Waals surface area (Å²) in [7, 11) is 0. The van der Waals surface area contributed by atoms with Crippen molar-refractivity contribution in [2.24, 2.45) is 46.3 Å². The molecule has 0 spiro atoms. The normalized spacial score (nSPS) is 33.7. The van der Waals surface area contributed by atoms with E-state index in [1.807, 2.05) is 0 Å². The first-order chi connectivity index (χ1) is 21.2. The molecular formula is C38H67NO5. The zero-order valence-corrected chi connectivity index (χ0v) is 29.3. The molecule has 4 rings (SSSR count). The molecule has 0 radical (unpaired) electrons. The van der Waals surface area contributed by atoms with Gasteiger partial charge in [0.05, 0.1) is 26.4 Å². The van der Waals surface area contributed by atoms with Crippen molar-refractivity contribution in [2.45, 2.75) is 131 Å². The Balaban J connectivity index is 1.17. The number of carbonyl (C=O) groups excluding carboxylic acids is 1. The molecule has 6 nitrogen and oxygen atoms in total. The van der Waals surface area contributed by atoms with E-state index in [-0.39, 0.29) is 17.6 Å². The maximum absolute atomic E-state index is 12.6. The molecule has 0 aromatic rings. The lowest BCUT2D eigenvalue weighted by Gasteiger charge is -2.58. The zero-order chi connectivity index (χ0) is 31.6. The van der Waals surface area contributed by atoms with E-state index in [0.29, 0.717) is 45.0 Å². The molecule has 0 saturated heterocycles. The summed E-state index contributed by atoms with van der Waals surface area (Å²) < 4.78 is 22.4. The highest BCUT2D eigenvalue weighted by molar-refractivity contribution is 5.67. The topological polar surface area (TPSA) is 66.0 Å². The van der Waals surface area contributed by atoms with E-state index in [0.717, 1.165) is 74.2 Å². The van der Waals surface area contributed by atoms with Gasteiger partial charge in [-0.15, -0.1) is 0 Å². The van der Waals surface area contributed by atoms with Crippen molar-refractivity contribution in [1.82, 2.24) is 5.32 Å². The maximum atomic E-state index is 12.6. The second-order valence-electron chi connectivity index (χ2n) is 15.7. The van der Waals surface area contributed by atoms with Crippen molar-refractivity contribution in [3.05, 3.63) is 11.6 Å². The Labute approximate surface area is 270 Å². The number of fused-ring (bicyclic) bond motifs is 5. The number of hydrogen-bond donors (Lipinski definition) is 1. The number of carbonyl (C=O) groups is 1. The summed E-state index contributed by atoms with van der Waals surface area (Å²) in [4.78, 5) is 12.6. The second-order valence-corrected chi connectivity index (χ2v) is 15.7. The standard InChI is InChI=1S/C38H67NO5/c1-7-21-41-23-25-43-26-24-42-22-9-20-39-36(40)44-31-16-18-37(5)30(27-31)12-13-32-34-15-14-33(29(4)11-8-10-28(2)3)38(34,6)19-17-35(32)37/h12,28-29,31-35H,7-11,13-27H2,1-6H3,(H,39,40). The predicted molar refractivity (Wildman–Crippen MR) is 179 cm³/mol. The average Bonchev–Trinajstić information content (AvgIpc) is 3.35. The number of ether oxygens (including phenoxy) is 4. The van der Waals surface area contributed by atoms with E-state index in [1.165, 1.54) is 51.4 Å². The first kappa shape index (κ1) is 35.7. The molecule has 44 heavy (non-hydrogen) atoms. The Kier molecular flexibility index (Phi) is 13.9. The van der Waals surface area contributed by atoms with Crippen molar-refractivity contribution in [3.63, 3.8) is 0 Å². The van der Waals surface area contributed by atoms with Gasteiger partial charge < -0.3 is 24.3 Å². The molecule has 8 atom stereocenters. The highest BCUT2D eigenvalue weighted by Gasteiger charge is 2.59. The largest absolute Gasteiger partial charge is 0.446 e. The molecular weight excluding hydrogens is 550 g/mol. The Hall–Kier alpha value is -1.11. The van der Waals surface area contributed by atoms with Crippen LogP contribution in [-0.4, -0.2) is 58.4 Å². The van der Waals surface area contributed by atoms with E-state index in [4.69, 9.17) is 18.9 Å². The van der Waals surface area contributed by atoms with Gasteiger partial charge in [0.25, 0.3) is 0 Å². The summed E-state index contributed by atoms with van der Waals surface area (Å²) in [5.74, 6) is 5.11. The lowest BCUT2D eigenvalue weighted by atomic mass is 9.47. The monoisotopic (exact) mass is 618 g/mol. The van der Waals surface area contributed by atoms with Crippen molar-refractivity contribution in [3.8, 4) is 0 Å². The quantitative estimate of drug-likeness (QED) is 0.123. The van der Waals surface area contributed by atoms with Crippen LogP contribution in [0.5, 0.6) is 0 Å². The molecule has 1 amide bonds. The van der Waals surface area contributed by atoms with Crippen LogP contribution in [-0.2, 0) is 18.9 Å². The summed E-state index contributed by atoms with van der Waals surface area (Å²) in [6.45, 7) is 19.0. The lowest BCUT2D eigenvalue weighted by Crippen LogP contribution is -2.51. The molecule has 3 saturated carbocycles. The highest BCUT2D eigenvalue weighted by atomic mass is 16.6. The number of hydrogen-bond acceptors (Lipinski definition) is 5. The van der Waals surface area contributed by atoms with Gasteiger partial charge in [0.15, 0.2) is 0 Å². The minimum Gasteiger partial charge on any atom is -0.446 e. The predicted octanol–water partition coefficient (Wildman–Crippen LogP) is 8.97. The number of rotatable bonds is 18. The SMILES string of the molecule is CCCOCCOCCOCCCNC(=O)OC1CCC2(C)C(=CCC3C2CCC2(C)C(C(C)CCCC(C)C)CCC32)C1. The fourth-order valence-electron chi connectivity index (χ4n) is 10.00. The Bertz CT molecular complexity index is 906. The van der Waals surface area contributed by atoms with Crippen LogP contribution in [0, 0.1) is 46.3 Å². The van der Waals surface area contributed by atoms with Crippen LogP contribution in [0.4, 0.5) is 4.79 Å². The molecule has 0 aliphatic heterocycles. The Morgan fingerprint density at radius 2 is 1.61 bits per heavy atom. The van der Waals surface area contributed by atoms with Crippen molar-refractivity contribution >= 4 is 6.09 Å². The smallest absolute Gasteiger partial charge is 0.407 e. The minimum atomic E-state index is -0.281. The molecule has 0 aromatic heterocycles. The molecule has 6 heteroatoms.